The van der Waals surface area contributed by atoms with E-state index < -0.39 is 0 Å². The molecule has 0 bridgehead atoms. The molecule has 0 aliphatic heterocycles. The summed E-state index contributed by atoms with van der Waals surface area (Å²) in [7, 11) is 0. The molecule has 0 aliphatic rings. The van der Waals surface area contributed by atoms with Gasteiger partial charge in [0.2, 0.25) is 0 Å². The first kappa shape index (κ1) is 8.97. The van der Waals surface area contributed by atoms with Crippen molar-refractivity contribution >= 4 is 17.2 Å². The van der Waals surface area contributed by atoms with Crippen LogP contribution in [0.1, 0.15) is 10.6 Å². The predicted octanol–water partition coefficient (Wildman–Crippen LogP) is 3.24. The van der Waals surface area contributed by atoms with E-state index in [-0.39, 0.29) is 0 Å². The van der Waals surface area contributed by atoms with Crippen molar-refractivity contribution in [2.24, 2.45) is 0 Å². The summed E-state index contributed by atoms with van der Waals surface area (Å²) < 4.78 is 5.40. The highest BCUT2D eigenvalue weighted by Gasteiger charge is 2.09. The molecule has 0 saturated carbocycles. The Kier molecular flexibility index (Phi) is 1.90. The average Bonchev–Trinajstić information content (AvgIpc) is 2.94. The second-order valence-corrected chi connectivity index (χ2v) is 3.57. The normalized spacial score (nSPS) is 10.8. The highest BCUT2D eigenvalue weighted by atomic mass is 16.3. The average molecular weight is 211 g/mol. The molecule has 3 aromatic rings. The second kappa shape index (κ2) is 3.38. The Labute approximate surface area is 91.7 Å². The molecule has 16 heavy (non-hydrogen) atoms. The minimum absolute atomic E-state index is 0.347. The number of hydrogen-bond acceptors (Lipinski definition) is 2. The molecular formula is C13H9NO2. The first-order valence-corrected chi connectivity index (χ1v) is 5.00. The minimum atomic E-state index is 0.347. The lowest BCUT2D eigenvalue weighted by Gasteiger charge is -1.93. The Hall–Kier alpha value is -2.29. The van der Waals surface area contributed by atoms with E-state index in [2.05, 4.69) is 4.98 Å². The van der Waals surface area contributed by atoms with Crippen molar-refractivity contribution in [3.63, 3.8) is 0 Å². The Balaban J connectivity index is 2.21. The van der Waals surface area contributed by atoms with Crippen molar-refractivity contribution in [3.8, 4) is 11.3 Å². The summed E-state index contributed by atoms with van der Waals surface area (Å²) in [5.41, 5.74) is 2.03. The zero-order valence-electron chi connectivity index (χ0n) is 8.44. The topological polar surface area (TPSA) is 46.0 Å². The number of carbonyl (C=O) groups is 1. The third-order valence-corrected chi connectivity index (χ3v) is 2.60. The van der Waals surface area contributed by atoms with Crippen molar-refractivity contribution in [1.29, 1.82) is 0 Å². The number of rotatable bonds is 2. The molecule has 0 unspecified atom stereocenters. The number of hydrogen-bond donors (Lipinski definition) is 1. The first-order chi connectivity index (χ1) is 7.88. The predicted molar refractivity (Wildman–Crippen MR) is 61.4 cm³/mol. The van der Waals surface area contributed by atoms with Gasteiger partial charge in [-0.2, -0.15) is 0 Å². The highest BCUT2D eigenvalue weighted by Crippen LogP contribution is 2.29. The van der Waals surface area contributed by atoms with Crippen LogP contribution in [0.2, 0.25) is 0 Å². The Morgan fingerprint density at radius 3 is 2.81 bits per heavy atom. The smallest absolute Gasteiger partial charge is 0.185 e. The lowest BCUT2D eigenvalue weighted by atomic mass is 10.1. The number of nitrogens with one attached hydrogen (secondary N) is 1. The summed E-state index contributed by atoms with van der Waals surface area (Å²) in [6, 6.07) is 11.4. The van der Waals surface area contributed by atoms with Crippen molar-refractivity contribution in [1.82, 2.24) is 4.98 Å². The largest absolute Gasteiger partial charge is 0.453 e. The number of benzene rings is 1. The van der Waals surface area contributed by atoms with Crippen LogP contribution in [0, 0.1) is 0 Å². The maximum Gasteiger partial charge on any atom is 0.185 e. The van der Waals surface area contributed by atoms with Gasteiger partial charge < -0.3 is 9.40 Å². The number of fused-ring (bicyclic) bond motifs is 1. The molecule has 3 rings (SSSR count). The molecule has 1 aromatic carbocycles. The van der Waals surface area contributed by atoms with Crippen LogP contribution in [-0.4, -0.2) is 11.3 Å². The van der Waals surface area contributed by atoms with E-state index >= 15 is 0 Å². The lowest BCUT2D eigenvalue weighted by molar-refractivity contribution is 0.110. The number of para-hydroxylation sites is 1. The van der Waals surface area contributed by atoms with Crippen LogP contribution in [0.4, 0.5) is 0 Å². The number of aromatic amines is 1. The van der Waals surface area contributed by atoms with E-state index in [0.29, 0.717) is 17.8 Å². The van der Waals surface area contributed by atoms with E-state index in [0.717, 1.165) is 16.5 Å². The Morgan fingerprint density at radius 1 is 1.12 bits per heavy atom. The third kappa shape index (κ3) is 1.26. The number of carbonyl (C=O) groups excluding carboxylic acids is 1. The van der Waals surface area contributed by atoms with Crippen molar-refractivity contribution in [2.45, 2.75) is 0 Å². The van der Waals surface area contributed by atoms with Crippen molar-refractivity contribution in [2.75, 3.05) is 0 Å². The second-order valence-electron chi connectivity index (χ2n) is 3.57. The van der Waals surface area contributed by atoms with Crippen LogP contribution in [0.25, 0.3) is 22.2 Å². The number of aldehydes is 1. The minimum Gasteiger partial charge on any atom is -0.453 e. The van der Waals surface area contributed by atoms with Gasteiger partial charge in [0.1, 0.15) is 5.76 Å². The summed E-state index contributed by atoms with van der Waals surface area (Å²) in [5, 5.41) is 1.09. The monoisotopic (exact) mass is 211 g/mol. The molecule has 3 heteroatoms. The van der Waals surface area contributed by atoms with Gasteiger partial charge in [-0.25, -0.2) is 0 Å². The van der Waals surface area contributed by atoms with Crippen LogP contribution in [0.3, 0.4) is 0 Å². The maximum absolute atomic E-state index is 10.6. The van der Waals surface area contributed by atoms with Gasteiger partial charge in [0.15, 0.2) is 12.0 Å². The van der Waals surface area contributed by atoms with Crippen LogP contribution in [0.15, 0.2) is 47.0 Å². The fourth-order valence-electron chi connectivity index (χ4n) is 1.84. The standard InChI is InChI=1S/C13H9NO2/c15-8-9-5-6-13(16-9)11-7-14-12-4-2-1-3-10(11)12/h1-8,14H. The highest BCUT2D eigenvalue weighted by molar-refractivity contribution is 5.94. The van der Waals surface area contributed by atoms with E-state index in [1.54, 1.807) is 12.1 Å². The van der Waals surface area contributed by atoms with Gasteiger partial charge in [0.25, 0.3) is 0 Å². The van der Waals surface area contributed by atoms with Gasteiger partial charge in [-0.05, 0) is 18.2 Å². The maximum atomic E-state index is 10.6. The summed E-state index contributed by atoms with van der Waals surface area (Å²) in [4.78, 5) is 13.7. The Bertz CT molecular complexity index is 649. The number of furan rings is 1. The lowest BCUT2D eigenvalue weighted by Crippen LogP contribution is -1.71. The van der Waals surface area contributed by atoms with Crippen LogP contribution >= 0.6 is 0 Å². The van der Waals surface area contributed by atoms with E-state index in [4.69, 9.17) is 4.42 Å². The fourth-order valence-corrected chi connectivity index (χ4v) is 1.84. The molecule has 3 nitrogen and oxygen atoms in total. The van der Waals surface area contributed by atoms with Gasteiger partial charge in [-0.3, -0.25) is 4.79 Å². The molecule has 0 radical (unpaired) electrons. The summed E-state index contributed by atoms with van der Waals surface area (Å²) >= 11 is 0. The van der Waals surface area contributed by atoms with Crippen LogP contribution in [0.5, 0.6) is 0 Å². The molecule has 0 spiro atoms. The van der Waals surface area contributed by atoms with Gasteiger partial charge >= 0.3 is 0 Å². The van der Waals surface area contributed by atoms with Crippen LogP contribution in [-0.2, 0) is 0 Å². The fraction of sp³-hybridized carbons (Fsp3) is 0. The molecule has 1 N–H and O–H groups in total. The quantitative estimate of drug-likeness (QED) is 0.661. The van der Waals surface area contributed by atoms with Gasteiger partial charge in [-0.1, -0.05) is 18.2 Å². The SMILES string of the molecule is O=Cc1ccc(-c2c[nH]c3ccccc23)o1. The van der Waals surface area contributed by atoms with E-state index in [1.807, 2.05) is 30.5 Å². The van der Waals surface area contributed by atoms with Gasteiger partial charge in [0, 0.05) is 22.7 Å². The van der Waals surface area contributed by atoms with Crippen molar-refractivity contribution in [3.05, 3.63) is 48.4 Å². The molecule has 0 atom stereocenters. The molecule has 0 saturated heterocycles. The third-order valence-electron chi connectivity index (χ3n) is 2.60. The number of H-pyrrole nitrogens is 1. The van der Waals surface area contributed by atoms with E-state index in [1.165, 1.54) is 0 Å². The zero-order valence-corrected chi connectivity index (χ0v) is 8.44. The molecule has 0 aliphatic carbocycles. The molecule has 0 amide bonds. The van der Waals surface area contributed by atoms with Gasteiger partial charge in [-0.15, -0.1) is 0 Å². The number of aromatic nitrogens is 1. The van der Waals surface area contributed by atoms with E-state index in [9.17, 15) is 4.79 Å². The first-order valence-electron chi connectivity index (χ1n) is 5.00. The summed E-state index contributed by atoms with van der Waals surface area (Å²) in [6.07, 6.45) is 2.59. The molecule has 2 heterocycles. The molecule has 78 valence electrons. The molecule has 2 aromatic heterocycles. The summed E-state index contributed by atoms with van der Waals surface area (Å²) in [6.45, 7) is 0. The van der Waals surface area contributed by atoms with Crippen LogP contribution < -0.4 is 0 Å². The Morgan fingerprint density at radius 2 is 2.00 bits per heavy atom. The van der Waals surface area contributed by atoms with Gasteiger partial charge in [0.05, 0.1) is 0 Å². The molecular weight excluding hydrogens is 202 g/mol. The molecule has 0 fully saturated rings. The zero-order chi connectivity index (χ0) is 11.0. The van der Waals surface area contributed by atoms with Crippen molar-refractivity contribution < 1.29 is 9.21 Å². The summed E-state index contributed by atoms with van der Waals surface area (Å²) in [5.74, 6) is 1.06.